The average molecular weight is 639 g/mol. The van der Waals surface area contributed by atoms with E-state index in [0.717, 1.165) is 44.9 Å². The number of aliphatic hydroxyl groups excluding tert-OH is 1. The summed E-state index contributed by atoms with van der Waals surface area (Å²) in [5, 5.41) is 29.1. The summed E-state index contributed by atoms with van der Waals surface area (Å²) in [7, 11) is 0. The number of para-hydroxylation sites is 1. The normalized spacial score (nSPS) is 41.8. The van der Waals surface area contributed by atoms with Gasteiger partial charge in [-0.15, -0.1) is 5.10 Å². The summed E-state index contributed by atoms with van der Waals surface area (Å²) in [5.41, 5.74) is 2.95. The number of ether oxygens (including phenoxy) is 1. The van der Waals surface area contributed by atoms with Gasteiger partial charge in [-0.1, -0.05) is 64.1 Å². The lowest BCUT2D eigenvalue weighted by atomic mass is 9.32. The first-order chi connectivity index (χ1) is 22.2. The van der Waals surface area contributed by atoms with E-state index in [2.05, 4.69) is 64.5 Å². The van der Waals surface area contributed by atoms with Crippen molar-refractivity contribution in [3.63, 3.8) is 0 Å². The Bertz CT molecular complexity index is 1620. The van der Waals surface area contributed by atoms with E-state index in [1.165, 1.54) is 24.8 Å². The van der Waals surface area contributed by atoms with Crippen LogP contribution in [0.2, 0.25) is 0 Å². The number of carbonyl (C=O) groups excluding carboxylic acids is 1. The number of nitriles is 1. The summed E-state index contributed by atoms with van der Waals surface area (Å²) >= 11 is 0. The van der Waals surface area contributed by atoms with Gasteiger partial charge in [0.25, 0.3) is 0 Å². The summed E-state index contributed by atoms with van der Waals surface area (Å²) in [4.78, 5) is 14.4. The molecule has 5 aliphatic carbocycles. The molecule has 7 nitrogen and oxygen atoms in total. The van der Waals surface area contributed by atoms with Crippen LogP contribution in [0, 0.1) is 68.0 Å². The molecule has 1 aromatic carbocycles. The number of carbonyl (C=O) groups is 1. The van der Waals surface area contributed by atoms with Crippen LogP contribution in [0.4, 0.5) is 0 Å². The van der Waals surface area contributed by atoms with E-state index in [0.29, 0.717) is 40.6 Å². The van der Waals surface area contributed by atoms with Crippen LogP contribution in [0.25, 0.3) is 5.69 Å². The zero-order chi connectivity index (χ0) is 33.6. The SMILES string of the molecule is C=C(C)[C@@H]1CC[C@]2(C(=O)OCc3cn(-c4ccccc4C#N)nn3)CC[C@]3(C)[C@H](CC[C@@H]4[C@@]5(C)CC[C@H](O)C(C)(C)[C@@H]5CC[C@]43C)[C@@H]12. The number of aliphatic hydroxyl groups is 1. The summed E-state index contributed by atoms with van der Waals surface area (Å²) < 4.78 is 7.78. The number of fused-ring (bicyclic) bond motifs is 7. The monoisotopic (exact) mass is 638 g/mol. The van der Waals surface area contributed by atoms with Gasteiger partial charge in [-0.25, -0.2) is 4.68 Å². The highest BCUT2D eigenvalue weighted by Gasteiger charge is 2.72. The molecular formula is C40H54N4O3. The van der Waals surface area contributed by atoms with Crippen LogP contribution in [0.15, 0.2) is 42.6 Å². The van der Waals surface area contributed by atoms with Gasteiger partial charge >= 0.3 is 5.97 Å². The van der Waals surface area contributed by atoms with E-state index in [1.54, 1.807) is 16.9 Å². The summed E-state index contributed by atoms with van der Waals surface area (Å²) in [5.74, 6) is 2.09. The molecule has 5 fully saturated rings. The number of esters is 1. The summed E-state index contributed by atoms with van der Waals surface area (Å²) in [6.07, 6.45) is 12.1. The first-order valence-corrected chi connectivity index (χ1v) is 18.1. The maximum absolute atomic E-state index is 14.4. The molecular weight excluding hydrogens is 584 g/mol. The van der Waals surface area contributed by atoms with E-state index in [9.17, 15) is 15.2 Å². The maximum atomic E-state index is 14.4. The number of hydrogen-bond acceptors (Lipinski definition) is 6. The molecule has 2 aromatic rings. The maximum Gasteiger partial charge on any atom is 0.312 e. The largest absolute Gasteiger partial charge is 0.459 e. The fourth-order valence-electron chi connectivity index (χ4n) is 13.0. The molecule has 0 amide bonds. The molecule has 1 heterocycles. The van der Waals surface area contributed by atoms with Crippen molar-refractivity contribution in [3.05, 3.63) is 53.9 Å². The van der Waals surface area contributed by atoms with E-state index in [1.807, 2.05) is 18.2 Å². The third-order valence-electron chi connectivity index (χ3n) is 15.6. The molecule has 252 valence electrons. The molecule has 7 heteroatoms. The Hall–Kier alpha value is -2.98. The Labute approximate surface area is 281 Å². The van der Waals surface area contributed by atoms with Crippen molar-refractivity contribution in [1.82, 2.24) is 15.0 Å². The van der Waals surface area contributed by atoms with Gasteiger partial charge < -0.3 is 9.84 Å². The van der Waals surface area contributed by atoms with Gasteiger partial charge in [0.2, 0.25) is 0 Å². The summed E-state index contributed by atoms with van der Waals surface area (Å²) in [6.45, 7) is 19.1. The molecule has 5 saturated carbocycles. The van der Waals surface area contributed by atoms with Crippen molar-refractivity contribution in [3.8, 4) is 11.8 Å². The Morgan fingerprint density at radius 3 is 2.51 bits per heavy atom. The van der Waals surface area contributed by atoms with Crippen molar-refractivity contribution in [2.24, 2.45) is 56.7 Å². The first-order valence-electron chi connectivity index (χ1n) is 18.1. The quantitative estimate of drug-likeness (QED) is 0.262. The number of rotatable bonds is 5. The second-order valence-corrected chi connectivity index (χ2v) is 17.6. The highest BCUT2D eigenvalue weighted by Crippen LogP contribution is 2.77. The van der Waals surface area contributed by atoms with Gasteiger partial charge in [-0.3, -0.25) is 4.79 Å². The molecule has 0 bridgehead atoms. The van der Waals surface area contributed by atoms with Crippen LogP contribution in [0.3, 0.4) is 0 Å². The minimum absolute atomic E-state index is 0.0570. The standard InChI is InChI=1S/C40H54N4O3/c1-25(2)28-14-19-40(35(46)47-24-27-23-44(43-42-27)30-11-9-8-10-26(30)22-41)21-20-38(6)29(34(28)40)12-13-32-37(5)17-16-33(45)36(3,4)31(37)15-18-39(32,38)7/h8-11,23,28-29,31-34,45H,1,12-21,24H2,2-7H3/t28-,29+,31-,32+,33-,34+,37-,38+,39+,40-/m0/s1. The number of benzene rings is 1. The molecule has 0 radical (unpaired) electrons. The third kappa shape index (κ3) is 4.49. The molecule has 0 spiro atoms. The lowest BCUT2D eigenvalue weighted by Gasteiger charge is -2.72. The number of aromatic nitrogens is 3. The zero-order valence-corrected chi connectivity index (χ0v) is 29.4. The van der Waals surface area contributed by atoms with Crippen molar-refractivity contribution in [2.75, 3.05) is 0 Å². The first kappa shape index (κ1) is 32.6. The van der Waals surface area contributed by atoms with Gasteiger partial charge in [-0.2, -0.15) is 5.26 Å². The van der Waals surface area contributed by atoms with Crippen LogP contribution in [-0.4, -0.2) is 32.2 Å². The smallest absolute Gasteiger partial charge is 0.312 e. The van der Waals surface area contributed by atoms with Gasteiger partial charge in [0, 0.05) is 0 Å². The van der Waals surface area contributed by atoms with E-state index in [4.69, 9.17) is 4.74 Å². The van der Waals surface area contributed by atoms with Crippen molar-refractivity contribution < 1.29 is 14.6 Å². The van der Waals surface area contributed by atoms with Crippen LogP contribution in [0.1, 0.15) is 117 Å². The second kappa shape index (κ2) is 11.0. The Morgan fingerprint density at radius 2 is 1.77 bits per heavy atom. The topological polar surface area (TPSA) is 101 Å². The minimum Gasteiger partial charge on any atom is -0.459 e. The lowest BCUT2D eigenvalue weighted by Crippen LogP contribution is -2.67. The highest BCUT2D eigenvalue weighted by atomic mass is 16.5. The molecule has 1 N–H and O–H groups in total. The third-order valence-corrected chi connectivity index (χ3v) is 15.6. The minimum atomic E-state index is -0.502. The Kier molecular flexibility index (Phi) is 7.64. The lowest BCUT2D eigenvalue weighted by molar-refractivity contribution is -0.248. The van der Waals surface area contributed by atoms with E-state index < -0.39 is 5.41 Å². The van der Waals surface area contributed by atoms with Crippen molar-refractivity contribution >= 4 is 5.97 Å². The fourth-order valence-corrected chi connectivity index (χ4v) is 13.0. The molecule has 0 unspecified atom stereocenters. The number of hydrogen-bond donors (Lipinski definition) is 1. The van der Waals surface area contributed by atoms with Crippen LogP contribution < -0.4 is 0 Å². The molecule has 7 rings (SSSR count). The number of allylic oxidation sites excluding steroid dienone is 1. The van der Waals surface area contributed by atoms with Crippen LogP contribution >= 0.6 is 0 Å². The van der Waals surface area contributed by atoms with Crippen molar-refractivity contribution in [1.29, 1.82) is 5.26 Å². The van der Waals surface area contributed by atoms with Crippen LogP contribution in [-0.2, 0) is 16.1 Å². The molecule has 47 heavy (non-hydrogen) atoms. The molecule has 1 aromatic heterocycles. The van der Waals surface area contributed by atoms with Gasteiger partial charge in [0.1, 0.15) is 18.4 Å². The summed E-state index contributed by atoms with van der Waals surface area (Å²) in [6, 6.07) is 9.49. The zero-order valence-electron chi connectivity index (χ0n) is 29.4. The molecule has 0 aliphatic heterocycles. The van der Waals surface area contributed by atoms with Crippen molar-refractivity contribution in [2.45, 2.75) is 118 Å². The predicted molar refractivity (Wildman–Crippen MR) is 181 cm³/mol. The molecule has 5 aliphatic rings. The van der Waals surface area contributed by atoms with Gasteiger partial charge in [0.15, 0.2) is 0 Å². The number of nitrogens with zero attached hydrogens (tertiary/aromatic N) is 4. The second-order valence-electron chi connectivity index (χ2n) is 17.6. The molecule has 0 saturated heterocycles. The van der Waals surface area contributed by atoms with Gasteiger partial charge in [-0.05, 0) is 135 Å². The Morgan fingerprint density at radius 1 is 1.00 bits per heavy atom. The Balaban J connectivity index is 1.16. The van der Waals surface area contributed by atoms with E-state index >= 15 is 0 Å². The highest BCUT2D eigenvalue weighted by molar-refractivity contribution is 5.78. The molecule has 10 atom stereocenters. The fraction of sp³-hybridized carbons (Fsp3) is 0.700. The van der Waals surface area contributed by atoms with E-state index in [-0.39, 0.29) is 46.3 Å². The average Bonchev–Trinajstić information content (AvgIpc) is 3.68. The predicted octanol–water partition coefficient (Wildman–Crippen LogP) is 8.20. The van der Waals surface area contributed by atoms with Gasteiger partial charge in [0.05, 0.1) is 29.0 Å². The van der Waals surface area contributed by atoms with Crippen LogP contribution in [0.5, 0.6) is 0 Å².